The maximum Gasteiger partial charge on any atom is 0.256 e. The lowest BCUT2D eigenvalue weighted by molar-refractivity contribution is -0.145. The number of hydrazine groups is 1. The number of nitrogens with one attached hydrogen (secondary N) is 2. The van der Waals surface area contributed by atoms with Crippen molar-refractivity contribution in [1.82, 2.24) is 20.7 Å². The van der Waals surface area contributed by atoms with E-state index in [9.17, 15) is 14.4 Å². The Kier molecular flexibility index (Phi) is 9.01. The van der Waals surface area contributed by atoms with Crippen LogP contribution in [-0.2, 0) is 22.7 Å². The van der Waals surface area contributed by atoms with Crippen LogP contribution in [-0.4, -0.2) is 66.9 Å². The van der Waals surface area contributed by atoms with Crippen LogP contribution in [0.25, 0.3) is 0 Å². The number of hydrogen-bond donors (Lipinski definition) is 2. The van der Waals surface area contributed by atoms with Gasteiger partial charge in [0.2, 0.25) is 5.91 Å². The minimum atomic E-state index is -0.174. The Balaban J connectivity index is 1.74. The number of ketones is 1. The van der Waals surface area contributed by atoms with Crippen LogP contribution in [0.1, 0.15) is 47.8 Å². The van der Waals surface area contributed by atoms with E-state index in [1.54, 1.807) is 29.1 Å². The SMILES string of the molecule is CC(=O)c1ccc(C)c(N(CC(=O)NCCNC(C)C)CC(=O)N(C)N2Cc3ccccc3C2)c1. The highest BCUT2D eigenvalue weighted by Gasteiger charge is 2.27. The Labute approximate surface area is 208 Å². The number of anilines is 1. The van der Waals surface area contributed by atoms with E-state index in [1.807, 2.05) is 30.1 Å². The van der Waals surface area contributed by atoms with Gasteiger partial charge in [0.25, 0.3) is 5.91 Å². The van der Waals surface area contributed by atoms with Crippen molar-refractivity contribution in [1.29, 1.82) is 0 Å². The van der Waals surface area contributed by atoms with Gasteiger partial charge in [-0.3, -0.25) is 19.4 Å². The molecule has 0 aliphatic carbocycles. The first kappa shape index (κ1) is 26.4. The van der Waals surface area contributed by atoms with E-state index in [0.29, 0.717) is 43.5 Å². The molecule has 1 aliphatic rings. The number of nitrogens with zero attached hydrogens (tertiary/aromatic N) is 3. The molecule has 0 bridgehead atoms. The lowest BCUT2D eigenvalue weighted by Crippen LogP contribution is -2.48. The van der Waals surface area contributed by atoms with Gasteiger partial charge in [0.15, 0.2) is 5.78 Å². The Bertz CT molecular complexity index is 1040. The van der Waals surface area contributed by atoms with E-state index in [0.717, 1.165) is 5.56 Å². The van der Waals surface area contributed by atoms with Crippen molar-refractivity contribution in [3.8, 4) is 0 Å². The summed E-state index contributed by atoms with van der Waals surface area (Å²) in [5.74, 6) is -0.361. The number of carbonyl (C=O) groups is 3. The number of aryl methyl sites for hydroxylation is 1. The number of rotatable bonds is 11. The molecule has 0 spiro atoms. The fourth-order valence-electron chi connectivity index (χ4n) is 4.14. The van der Waals surface area contributed by atoms with Crippen LogP contribution in [0, 0.1) is 6.92 Å². The van der Waals surface area contributed by atoms with Gasteiger partial charge in [0, 0.05) is 50.5 Å². The largest absolute Gasteiger partial charge is 0.353 e. The first-order valence-corrected chi connectivity index (χ1v) is 12.1. The van der Waals surface area contributed by atoms with Crippen LogP contribution in [0.4, 0.5) is 5.69 Å². The molecule has 0 aromatic heterocycles. The second-order valence-electron chi connectivity index (χ2n) is 9.38. The highest BCUT2D eigenvalue weighted by molar-refractivity contribution is 5.96. The van der Waals surface area contributed by atoms with Crippen LogP contribution in [0.3, 0.4) is 0 Å². The monoisotopic (exact) mass is 479 g/mol. The molecule has 35 heavy (non-hydrogen) atoms. The molecule has 1 aliphatic heterocycles. The first-order valence-electron chi connectivity index (χ1n) is 12.1. The zero-order chi connectivity index (χ0) is 25.5. The quantitative estimate of drug-likeness (QED) is 0.381. The number of amides is 2. The molecule has 0 fully saturated rings. The third kappa shape index (κ3) is 7.13. The number of likely N-dealkylation sites (N-methyl/N-ethyl adjacent to an activating group) is 1. The molecule has 0 unspecified atom stereocenters. The topological polar surface area (TPSA) is 85.0 Å². The normalized spacial score (nSPS) is 13.0. The Morgan fingerprint density at radius 1 is 1.00 bits per heavy atom. The molecular formula is C27H37N5O3. The van der Waals surface area contributed by atoms with Crippen molar-refractivity contribution >= 4 is 23.3 Å². The zero-order valence-corrected chi connectivity index (χ0v) is 21.4. The minimum absolute atomic E-state index is 0.0171. The van der Waals surface area contributed by atoms with Crippen molar-refractivity contribution in [3.63, 3.8) is 0 Å². The van der Waals surface area contributed by atoms with Gasteiger partial charge in [-0.2, -0.15) is 0 Å². The summed E-state index contributed by atoms with van der Waals surface area (Å²) < 4.78 is 0. The average molecular weight is 480 g/mol. The smallest absolute Gasteiger partial charge is 0.256 e. The maximum absolute atomic E-state index is 13.3. The predicted molar refractivity (Wildman–Crippen MR) is 138 cm³/mol. The molecule has 2 aromatic carbocycles. The zero-order valence-electron chi connectivity index (χ0n) is 21.4. The van der Waals surface area contributed by atoms with E-state index < -0.39 is 0 Å². The fraction of sp³-hybridized carbons (Fsp3) is 0.444. The molecule has 2 amide bonds. The summed E-state index contributed by atoms with van der Waals surface area (Å²) in [6, 6.07) is 13.9. The summed E-state index contributed by atoms with van der Waals surface area (Å²) in [4.78, 5) is 39.9. The summed E-state index contributed by atoms with van der Waals surface area (Å²) in [5.41, 5.74) is 4.58. The average Bonchev–Trinajstić information content (AvgIpc) is 3.25. The van der Waals surface area contributed by atoms with Gasteiger partial charge < -0.3 is 15.5 Å². The van der Waals surface area contributed by atoms with E-state index in [-0.39, 0.29) is 30.7 Å². The van der Waals surface area contributed by atoms with Crippen LogP contribution in [0.15, 0.2) is 42.5 Å². The molecular weight excluding hydrogens is 442 g/mol. The van der Waals surface area contributed by atoms with E-state index in [2.05, 4.69) is 36.6 Å². The number of Topliss-reactive ketones (excluding diaryl/α,β-unsaturated/α-hetero) is 1. The third-order valence-corrected chi connectivity index (χ3v) is 6.23. The molecule has 1 heterocycles. The molecule has 188 valence electrons. The summed E-state index contributed by atoms with van der Waals surface area (Å²) in [6.07, 6.45) is 0. The summed E-state index contributed by atoms with van der Waals surface area (Å²) >= 11 is 0. The van der Waals surface area contributed by atoms with Gasteiger partial charge in [-0.25, -0.2) is 5.01 Å². The number of benzene rings is 2. The summed E-state index contributed by atoms with van der Waals surface area (Å²) in [7, 11) is 1.77. The van der Waals surface area contributed by atoms with Crippen LogP contribution in [0.2, 0.25) is 0 Å². The first-order chi connectivity index (χ1) is 16.7. The molecule has 8 nitrogen and oxygen atoms in total. The predicted octanol–water partition coefficient (Wildman–Crippen LogP) is 2.51. The van der Waals surface area contributed by atoms with Crippen molar-refractivity contribution < 1.29 is 14.4 Å². The van der Waals surface area contributed by atoms with Crippen molar-refractivity contribution in [2.24, 2.45) is 0 Å². The van der Waals surface area contributed by atoms with E-state index in [4.69, 9.17) is 0 Å². The maximum atomic E-state index is 13.3. The number of fused-ring (bicyclic) bond motifs is 1. The minimum Gasteiger partial charge on any atom is -0.353 e. The Hall–Kier alpha value is -3.23. The van der Waals surface area contributed by atoms with Crippen molar-refractivity contribution in [3.05, 3.63) is 64.7 Å². The molecule has 0 saturated carbocycles. The highest BCUT2D eigenvalue weighted by atomic mass is 16.2. The lowest BCUT2D eigenvalue weighted by atomic mass is 10.1. The fourth-order valence-corrected chi connectivity index (χ4v) is 4.14. The summed E-state index contributed by atoms with van der Waals surface area (Å²) in [5, 5.41) is 9.83. The van der Waals surface area contributed by atoms with Crippen LogP contribution >= 0.6 is 0 Å². The number of hydrogen-bond acceptors (Lipinski definition) is 6. The second kappa shape index (κ2) is 12.0. The highest BCUT2D eigenvalue weighted by Crippen LogP contribution is 2.25. The third-order valence-electron chi connectivity index (χ3n) is 6.23. The molecule has 0 saturated heterocycles. The van der Waals surface area contributed by atoms with Crippen LogP contribution < -0.4 is 15.5 Å². The molecule has 0 atom stereocenters. The van der Waals surface area contributed by atoms with Crippen molar-refractivity contribution in [2.75, 3.05) is 38.1 Å². The summed E-state index contributed by atoms with van der Waals surface area (Å²) in [6.45, 7) is 10.1. The van der Waals surface area contributed by atoms with Crippen LogP contribution in [0.5, 0.6) is 0 Å². The molecule has 2 aromatic rings. The van der Waals surface area contributed by atoms with Gasteiger partial charge in [-0.15, -0.1) is 0 Å². The number of carbonyl (C=O) groups excluding carboxylic acids is 3. The Morgan fingerprint density at radius 3 is 2.26 bits per heavy atom. The standard InChI is InChI=1S/C27H37N5O3/c1-19(2)28-12-13-29-26(34)17-31(25-14-22(21(4)33)11-10-20(25)3)18-27(35)30(5)32-15-23-8-6-7-9-24(23)16-32/h6-11,14,19,28H,12-13,15-18H2,1-5H3,(H,29,34). The Morgan fingerprint density at radius 2 is 1.66 bits per heavy atom. The van der Waals surface area contributed by atoms with Gasteiger partial charge in [-0.05, 0) is 36.6 Å². The van der Waals surface area contributed by atoms with E-state index >= 15 is 0 Å². The molecule has 3 rings (SSSR count). The molecule has 2 N–H and O–H groups in total. The molecule has 0 radical (unpaired) electrons. The van der Waals surface area contributed by atoms with Gasteiger partial charge in [0.05, 0.1) is 13.1 Å². The lowest BCUT2D eigenvalue weighted by Gasteiger charge is -2.32. The van der Waals surface area contributed by atoms with Gasteiger partial charge >= 0.3 is 0 Å². The van der Waals surface area contributed by atoms with Crippen molar-refractivity contribution in [2.45, 2.75) is 46.8 Å². The molecule has 8 heteroatoms. The van der Waals surface area contributed by atoms with E-state index in [1.165, 1.54) is 18.1 Å². The second-order valence-corrected chi connectivity index (χ2v) is 9.38. The van der Waals surface area contributed by atoms with Gasteiger partial charge in [0.1, 0.15) is 0 Å². The van der Waals surface area contributed by atoms with Gasteiger partial charge in [-0.1, -0.05) is 50.2 Å².